The minimum absolute atomic E-state index is 0.488. The maximum Gasteiger partial charge on any atom is 0.104 e. The minimum atomic E-state index is -0.488. The van der Waals surface area contributed by atoms with Gasteiger partial charge in [-0.25, -0.2) is 0 Å². The van der Waals surface area contributed by atoms with Crippen molar-refractivity contribution in [2.75, 3.05) is 0 Å². The van der Waals surface area contributed by atoms with Crippen molar-refractivity contribution in [1.29, 1.82) is 0 Å². The van der Waals surface area contributed by atoms with Gasteiger partial charge in [0, 0.05) is 7.05 Å². The van der Waals surface area contributed by atoms with Crippen LogP contribution in [0.4, 0.5) is 0 Å². The molecule has 3 nitrogen and oxygen atoms in total. The summed E-state index contributed by atoms with van der Waals surface area (Å²) in [4.78, 5) is 0. The summed E-state index contributed by atoms with van der Waals surface area (Å²) in [7, 11) is 1.82. The fourth-order valence-electron chi connectivity index (χ4n) is 0.669. The molecule has 0 radical (unpaired) electrons. The van der Waals surface area contributed by atoms with Gasteiger partial charge < -0.3 is 5.11 Å². The molecular weight excluding hydrogens is 196 g/mol. The SMILES string of the molecule is CC(O)c1cc(Br)n(C)n1. The smallest absolute Gasteiger partial charge is 0.104 e. The second-order valence-corrected chi connectivity index (χ2v) is 3.00. The van der Waals surface area contributed by atoms with Gasteiger partial charge in [-0.15, -0.1) is 0 Å². The molecule has 0 amide bonds. The van der Waals surface area contributed by atoms with Crippen LogP contribution in [-0.4, -0.2) is 14.9 Å². The molecule has 10 heavy (non-hydrogen) atoms. The van der Waals surface area contributed by atoms with E-state index in [1.54, 1.807) is 17.7 Å². The van der Waals surface area contributed by atoms with Gasteiger partial charge in [-0.2, -0.15) is 5.10 Å². The fourth-order valence-corrected chi connectivity index (χ4v) is 0.983. The van der Waals surface area contributed by atoms with Crippen LogP contribution >= 0.6 is 15.9 Å². The molecule has 0 aliphatic carbocycles. The Bertz CT molecular complexity index is 212. The average molecular weight is 205 g/mol. The third-order valence-corrected chi connectivity index (χ3v) is 2.01. The number of aryl methyl sites for hydroxylation is 1. The van der Waals surface area contributed by atoms with Crippen molar-refractivity contribution in [2.24, 2.45) is 7.05 Å². The number of aliphatic hydroxyl groups excluding tert-OH is 1. The first-order valence-corrected chi connectivity index (χ1v) is 3.78. The highest BCUT2D eigenvalue weighted by molar-refractivity contribution is 9.10. The predicted molar refractivity (Wildman–Crippen MR) is 41.5 cm³/mol. The number of nitrogens with zero attached hydrogens (tertiary/aromatic N) is 2. The third kappa shape index (κ3) is 1.38. The molecule has 0 saturated carbocycles. The van der Waals surface area contributed by atoms with Gasteiger partial charge in [0.2, 0.25) is 0 Å². The maximum atomic E-state index is 9.06. The fraction of sp³-hybridized carbons (Fsp3) is 0.500. The summed E-state index contributed by atoms with van der Waals surface area (Å²) >= 11 is 3.27. The average Bonchev–Trinajstić information content (AvgIpc) is 2.13. The van der Waals surface area contributed by atoms with Crippen molar-refractivity contribution in [3.8, 4) is 0 Å². The van der Waals surface area contributed by atoms with Gasteiger partial charge in [-0.3, -0.25) is 4.68 Å². The van der Waals surface area contributed by atoms with Gasteiger partial charge in [0.1, 0.15) is 4.60 Å². The molecule has 0 aliphatic heterocycles. The molecule has 56 valence electrons. The number of hydrogen-bond donors (Lipinski definition) is 1. The van der Waals surface area contributed by atoms with Gasteiger partial charge in [-0.05, 0) is 28.9 Å². The van der Waals surface area contributed by atoms with E-state index in [-0.39, 0.29) is 0 Å². The standard InChI is InChI=1S/C6H9BrN2O/c1-4(10)5-3-6(7)9(2)8-5/h3-4,10H,1-2H3. The number of aromatic nitrogens is 2. The molecule has 1 atom stereocenters. The molecule has 1 rings (SSSR count). The first-order chi connectivity index (χ1) is 4.61. The molecule has 1 N–H and O–H groups in total. The van der Waals surface area contributed by atoms with E-state index in [2.05, 4.69) is 21.0 Å². The zero-order valence-corrected chi connectivity index (χ0v) is 7.46. The number of halogens is 1. The minimum Gasteiger partial charge on any atom is -0.387 e. The Hall–Kier alpha value is -0.350. The highest BCUT2D eigenvalue weighted by Gasteiger charge is 2.06. The number of rotatable bonds is 1. The van der Waals surface area contributed by atoms with Crippen LogP contribution in [-0.2, 0) is 7.05 Å². The quantitative estimate of drug-likeness (QED) is 0.748. The van der Waals surface area contributed by atoms with Crippen LogP contribution in [0.25, 0.3) is 0 Å². The van der Waals surface area contributed by atoms with Crippen LogP contribution < -0.4 is 0 Å². The van der Waals surface area contributed by atoms with Crippen molar-refractivity contribution in [3.63, 3.8) is 0 Å². The van der Waals surface area contributed by atoms with E-state index in [4.69, 9.17) is 5.11 Å². The summed E-state index contributed by atoms with van der Waals surface area (Å²) in [6.07, 6.45) is -0.488. The molecule has 4 heteroatoms. The summed E-state index contributed by atoms with van der Waals surface area (Å²) in [6.45, 7) is 1.69. The van der Waals surface area contributed by atoms with Crippen molar-refractivity contribution in [2.45, 2.75) is 13.0 Å². The Morgan fingerprint density at radius 1 is 1.80 bits per heavy atom. The molecule has 1 aromatic rings. The van der Waals surface area contributed by atoms with E-state index in [1.807, 2.05) is 7.05 Å². The highest BCUT2D eigenvalue weighted by atomic mass is 79.9. The van der Waals surface area contributed by atoms with Crippen molar-refractivity contribution in [3.05, 3.63) is 16.4 Å². The summed E-state index contributed by atoms with van der Waals surface area (Å²) < 4.78 is 2.55. The summed E-state index contributed by atoms with van der Waals surface area (Å²) in [6, 6.07) is 1.80. The molecule has 0 aliphatic rings. The summed E-state index contributed by atoms with van der Waals surface area (Å²) in [5.74, 6) is 0. The highest BCUT2D eigenvalue weighted by Crippen LogP contribution is 2.15. The topological polar surface area (TPSA) is 38.0 Å². The van der Waals surface area contributed by atoms with E-state index in [0.717, 1.165) is 4.60 Å². The van der Waals surface area contributed by atoms with E-state index in [0.29, 0.717) is 5.69 Å². The zero-order chi connectivity index (χ0) is 7.72. The Balaban J connectivity index is 2.98. The van der Waals surface area contributed by atoms with Crippen LogP contribution in [0.1, 0.15) is 18.7 Å². The van der Waals surface area contributed by atoms with Crippen LogP contribution in [0.3, 0.4) is 0 Å². The Kier molecular flexibility index (Phi) is 2.11. The second-order valence-electron chi connectivity index (χ2n) is 2.19. The number of hydrogen-bond acceptors (Lipinski definition) is 2. The predicted octanol–water partition coefficient (Wildman–Crippen LogP) is 1.24. The van der Waals surface area contributed by atoms with Crippen LogP contribution in [0.5, 0.6) is 0 Å². The first kappa shape index (κ1) is 7.75. The van der Waals surface area contributed by atoms with E-state index in [9.17, 15) is 0 Å². The van der Waals surface area contributed by atoms with Crippen molar-refractivity contribution in [1.82, 2.24) is 9.78 Å². The van der Waals surface area contributed by atoms with Gasteiger partial charge in [0.25, 0.3) is 0 Å². The van der Waals surface area contributed by atoms with Gasteiger partial charge in [-0.1, -0.05) is 0 Å². The second kappa shape index (κ2) is 2.72. The first-order valence-electron chi connectivity index (χ1n) is 2.98. The molecule has 0 bridgehead atoms. The normalized spacial score (nSPS) is 13.6. The van der Waals surface area contributed by atoms with Gasteiger partial charge in [0.15, 0.2) is 0 Å². The van der Waals surface area contributed by atoms with Crippen molar-refractivity contribution >= 4 is 15.9 Å². The van der Waals surface area contributed by atoms with E-state index in [1.165, 1.54) is 0 Å². The van der Waals surface area contributed by atoms with Crippen molar-refractivity contribution < 1.29 is 5.11 Å². The maximum absolute atomic E-state index is 9.06. The molecule has 1 unspecified atom stereocenters. The Morgan fingerprint density at radius 2 is 2.40 bits per heavy atom. The summed E-state index contributed by atoms with van der Waals surface area (Å²) in [5.41, 5.74) is 0.689. The summed E-state index contributed by atoms with van der Waals surface area (Å²) in [5, 5.41) is 13.1. The Morgan fingerprint density at radius 3 is 2.60 bits per heavy atom. The number of aliphatic hydroxyl groups is 1. The monoisotopic (exact) mass is 204 g/mol. The van der Waals surface area contributed by atoms with E-state index < -0.39 is 6.10 Å². The molecule has 0 saturated heterocycles. The third-order valence-electron chi connectivity index (χ3n) is 1.27. The van der Waals surface area contributed by atoms with Crippen LogP contribution in [0.2, 0.25) is 0 Å². The van der Waals surface area contributed by atoms with Crippen LogP contribution in [0, 0.1) is 0 Å². The molecule has 0 spiro atoms. The molecular formula is C6H9BrN2O. The lowest BCUT2D eigenvalue weighted by Gasteiger charge is -1.95. The lowest BCUT2D eigenvalue weighted by molar-refractivity contribution is 0.193. The molecule has 0 aromatic carbocycles. The zero-order valence-electron chi connectivity index (χ0n) is 5.87. The molecule has 1 aromatic heterocycles. The largest absolute Gasteiger partial charge is 0.387 e. The lowest BCUT2D eigenvalue weighted by Crippen LogP contribution is -1.95. The Labute approximate surface area is 67.8 Å². The van der Waals surface area contributed by atoms with Gasteiger partial charge in [0.05, 0.1) is 11.8 Å². The molecule has 0 fully saturated rings. The molecule has 1 heterocycles. The van der Waals surface area contributed by atoms with Crippen LogP contribution in [0.15, 0.2) is 10.7 Å². The van der Waals surface area contributed by atoms with Gasteiger partial charge >= 0.3 is 0 Å². The lowest BCUT2D eigenvalue weighted by atomic mass is 10.3. The van der Waals surface area contributed by atoms with E-state index >= 15 is 0 Å².